The van der Waals surface area contributed by atoms with Gasteiger partial charge in [0.05, 0.1) is 6.61 Å². The molecule has 0 unspecified atom stereocenters. The third-order valence-electron chi connectivity index (χ3n) is 4.80. The lowest BCUT2D eigenvalue weighted by Gasteiger charge is -2.33. The van der Waals surface area contributed by atoms with Crippen molar-refractivity contribution >= 4 is 11.8 Å². The second-order valence-electron chi connectivity index (χ2n) is 6.86. The Hall–Kier alpha value is -1.88. The van der Waals surface area contributed by atoms with Crippen molar-refractivity contribution in [2.45, 2.75) is 44.8 Å². The van der Waals surface area contributed by atoms with E-state index < -0.39 is 6.10 Å². The molecule has 1 saturated heterocycles. The summed E-state index contributed by atoms with van der Waals surface area (Å²) in [5.74, 6) is 0.692. The number of amides is 2. The highest BCUT2D eigenvalue weighted by molar-refractivity contribution is 5.94. The normalized spacial score (nSPS) is 19.8. The second-order valence-corrected chi connectivity index (χ2v) is 6.86. The Labute approximate surface area is 143 Å². The summed E-state index contributed by atoms with van der Waals surface area (Å²) in [6.45, 7) is 3.86. The number of carbonyl (C=O) groups is 2. The summed E-state index contributed by atoms with van der Waals surface area (Å²) in [7, 11) is 0. The molecule has 0 aromatic heterocycles. The first-order chi connectivity index (χ1) is 11.6. The molecule has 1 heterocycles. The molecule has 1 aromatic rings. The van der Waals surface area contributed by atoms with Gasteiger partial charge in [-0.25, -0.2) is 0 Å². The van der Waals surface area contributed by atoms with E-state index in [2.05, 4.69) is 5.32 Å². The lowest BCUT2D eigenvalue weighted by Crippen LogP contribution is -2.48. The van der Waals surface area contributed by atoms with Crippen molar-refractivity contribution in [1.82, 2.24) is 10.2 Å². The Kier molecular flexibility index (Phi) is 5.51. The highest BCUT2D eigenvalue weighted by Gasteiger charge is 2.27. The maximum Gasteiger partial charge on any atom is 0.253 e. The predicted octanol–water partition coefficient (Wildman–Crippen LogP) is 2.22. The fraction of sp³-hybridized carbons (Fsp3) is 0.579. The number of rotatable bonds is 6. The monoisotopic (exact) mass is 330 g/mol. The molecular weight excluding hydrogens is 304 g/mol. The highest BCUT2D eigenvalue weighted by Crippen LogP contribution is 2.29. The Bertz CT molecular complexity index is 563. The van der Waals surface area contributed by atoms with Gasteiger partial charge in [0, 0.05) is 24.7 Å². The molecule has 1 N–H and O–H groups in total. The van der Waals surface area contributed by atoms with E-state index in [1.54, 1.807) is 0 Å². The zero-order valence-corrected chi connectivity index (χ0v) is 14.2. The third kappa shape index (κ3) is 4.57. The van der Waals surface area contributed by atoms with Crippen LogP contribution in [0.5, 0.6) is 0 Å². The molecule has 1 aromatic carbocycles. The summed E-state index contributed by atoms with van der Waals surface area (Å²) in [5.41, 5.74) is 0.724. The van der Waals surface area contributed by atoms with Crippen LogP contribution < -0.4 is 5.32 Å². The van der Waals surface area contributed by atoms with E-state index in [1.165, 1.54) is 12.8 Å². The number of piperidine rings is 1. The Morgan fingerprint density at radius 2 is 1.83 bits per heavy atom. The smallest absolute Gasteiger partial charge is 0.253 e. The minimum Gasteiger partial charge on any atom is -0.368 e. The first-order valence-corrected chi connectivity index (χ1v) is 8.90. The third-order valence-corrected chi connectivity index (χ3v) is 4.80. The van der Waals surface area contributed by atoms with Gasteiger partial charge in [-0.15, -0.1) is 0 Å². The second kappa shape index (κ2) is 7.79. The van der Waals surface area contributed by atoms with Crippen LogP contribution in [-0.4, -0.2) is 48.6 Å². The van der Waals surface area contributed by atoms with Gasteiger partial charge in [-0.1, -0.05) is 18.2 Å². The van der Waals surface area contributed by atoms with E-state index in [9.17, 15) is 9.59 Å². The summed E-state index contributed by atoms with van der Waals surface area (Å²) < 4.78 is 5.61. The molecule has 0 spiro atoms. The van der Waals surface area contributed by atoms with Gasteiger partial charge < -0.3 is 15.0 Å². The van der Waals surface area contributed by atoms with Crippen molar-refractivity contribution < 1.29 is 14.3 Å². The van der Waals surface area contributed by atoms with Crippen molar-refractivity contribution in [3.05, 3.63) is 35.9 Å². The Morgan fingerprint density at radius 3 is 2.46 bits per heavy atom. The summed E-state index contributed by atoms with van der Waals surface area (Å²) >= 11 is 0. The number of benzene rings is 1. The van der Waals surface area contributed by atoms with Gasteiger partial charge in [-0.2, -0.15) is 0 Å². The summed E-state index contributed by atoms with van der Waals surface area (Å²) in [6.07, 6.45) is 3.64. The quantitative estimate of drug-likeness (QED) is 0.870. The van der Waals surface area contributed by atoms with Crippen LogP contribution in [0.15, 0.2) is 30.3 Å². The van der Waals surface area contributed by atoms with Gasteiger partial charge in [-0.3, -0.25) is 9.59 Å². The Balaban J connectivity index is 1.41. The molecular formula is C19H26N2O3. The SMILES string of the molecule is C[C@H](OCC1CC1)C(=O)NC1CCN(C(=O)c2ccccc2)CC1. The standard InChI is InChI=1S/C19H26N2O3/c1-14(24-13-15-7-8-15)18(22)20-17-9-11-21(12-10-17)19(23)16-5-3-2-4-6-16/h2-6,14-15,17H,7-13H2,1H3,(H,20,22)/t14-/m0/s1. The van der Waals surface area contributed by atoms with Gasteiger partial charge in [-0.05, 0) is 50.7 Å². The van der Waals surface area contributed by atoms with Crippen LogP contribution >= 0.6 is 0 Å². The lowest BCUT2D eigenvalue weighted by atomic mass is 10.0. The van der Waals surface area contributed by atoms with Gasteiger partial charge in [0.15, 0.2) is 0 Å². The fourth-order valence-electron chi connectivity index (χ4n) is 2.95. The van der Waals surface area contributed by atoms with E-state index in [4.69, 9.17) is 4.74 Å². The first kappa shape index (κ1) is 17.0. The molecule has 5 heteroatoms. The van der Waals surface area contributed by atoms with E-state index in [-0.39, 0.29) is 17.9 Å². The van der Waals surface area contributed by atoms with Crippen molar-refractivity contribution in [3.8, 4) is 0 Å². The number of carbonyl (C=O) groups excluding carboxylic acids is 2. The van der Waals surface area contributed by atoms with Crippen LogP contribution in [0.4, 0.5) is 0 Å². The summed E-state index contributed by atoms with van der Waals surface area (Å²) in [5, 5.41) is 3.06. The number of hydrogen-bond donors (Lipinski definition) is 1. The fourth-order valence-corrected chi connectivity index (χ4v) is 2.95. The molecule has 24 heavy (non-hydrogen) atoms. The van der Waals surface area contributed by atoms with Crippen molar-refractivity contribution in [3.63, 3.8) is 0 Å². The maximum atomic E-state index is 12.4. The average Bonchev–Trinajstić information content (AvgIpc) is 3.45. The van der Waals surface area contributed by atoms with Gasteiger partial charge >= 0.3 is 0 Å². The van der Waals surface area contributed by atoms with Crippen molar-refractivity contribution in [2.24, 2.45) is 5.92 Å². The molecule has 2 aliphatic rings. The number of nitrogens with one attached hydrogen (secondary N) is 1. The number of hydrogen-bond acceptors (Lipinski definition) is 3. The van der Waals surface area contributed by atoms with Crippen LogP contribution in [0.25, 0.3) is 0 Å². The predicted molar refractivity (Wildman–Crippen MR) is 91.6 cm³/mol. The van der Waals surface area contributed by atoms with Gasteiger partial charge in [0.25, 0.3) is 5.91 Å². The zero-order chi connectivity index (χ0) is 16.9. The van der Waals surface area contributed by atoms with E-state index in [1.807, 2.05) is 42.2 Å². The number of ether oxygens (including phenoxy) is 1. The van der Waals surface area contributed by atoms with Crippen LogP contribution in [0.3, 0.4) is 0 Å². The molecule has 130 valence electrons. The summed E-state index contributed by atoms with van der Waals surface area (Å²) in [6, 6.07) is 9.48. The minimum atomic E-state index is -0.394. The molecule has 3 rings (SSSR count). The van der Waals surface area contributed by atoms with Gasteiger partial charge in [0.2, 0.25) is 5.91 Å². The first-order valence-electron chi connectivity index (χ1n) is 8.90. The van der Waals surface area contributed by atoms with Gasteiger partial charge in [0.1, 0.15) is 6.10 Å². The molecule has 1 saturated carbocycles. The summed E-state index contributed by atoms with van der Waals surface area (Å²) in [4.78, 5) is 26.4. The molecule has 1 aliphatic heterocycles. The molecule has 1 aliphatic carbocycles. The number of likely N-dealkylation sites (tertiary alicyclic amines) is 1. The van der Waals surface area contributed by atoms with E-state index in [0.29, 0.717) is 25.6 Å². The van der Waals surface area contributed by atoms with Crippen LogP contribution in [0.2, 0.25) is 0 Å². The largest absolute Gasteiger partial charge is 0.368 e. The van der Waals surface area contributed by atoms with E-state index in [0.717, 1.165) is 18.4 Å². The lowest BCUT2D eigenvalue weighted by molar-refractivity contribution is -0.133. The molecule has 0 bridgehead atoms. The molecule has 0 radical (unpaired) electrons. The van der Waals surface area contributed by atoms with E-state index >= 15 is 0 Å². The molecule has 2 fully saturated rings. The molecule has 5 nitrogen and oxygen atoms in total. The minimum absolute atomic E-state index is 0.0384. The molecule has 2 amide bonds. The van der Waals surface area contributed by atoms with Crippen molar-refractivity contribution in [1.29, 1.82) is 0 Å². The average molecular weight is 330 g/mol. The zero-order valence-electron chi connectivity index (χ0n) is 14.2. The highest BCUT2D eigenvalue weighted by atomic mass is 16.5. The van der Waals surface area contributed by atoms with Crippen LogP contribution in [-0.2, 0) is 9.53 Å². The van der Waals surface area contributed by atoms with Crippen LogP contribution in [0.1, 0.15) is 43.0 Å². The maximum absolute atomic E-state index is 12.4. The van der Waals surface area contributed by atoms with Crippen molar-refractivity contribution in [2.75, 3.05) is 19.7 Å². The molecule has 1 atom stereocenters. The Morgan fingerprint density at radius 1 is 1.17 bits per heavy atom. The van der Waals surface area contributed by atoms with Crippen LogP contribution in [0, 0.1) is 5.92 Å². The topological polar surface area (TPSA) is 58.6 Å². The number of nitrogens with zero attached hydrogens (tertiary/aromatic N) is 1.